The number of pyridine rings is 2. The van der Waals surface area contributed by atoms with Gasteiger partial charge >= 0.3 is 0 Å². The van der Waals surface area contributed by atoms with Gasteiger partial charge in [0.05, 0.1) is 12.3 Å². The lowest BCUT2D eigenvalue weighted by Gasteiger charge is -2.34. The van der Waals surface area contributed by atoms with E-state index >= 15 is 0 Å². The molecule has 0 aliphatic heterocycles. The van der Waals surface area contributed by atoms with E-state index in [0.717, 1.165) is 22.0 Å². The van der Waals surface area contributed by atoms with Crippen LogP contribution in [0.5, 0.6) is 0 Å². The van der Waals surface area contributed by atoms with Crippen LogP contribution in [0.1, 0.15) is 63.6 Å². The molecular weight excluding hydrogens is 328 g/mol. The van der Waals surface area contributed by atoms with Gasteiger partial charge in [-0.25, -0.2) is 0 Å². The minimum Gasteiger partial charge on any atom is -0.264 e. The van der Waals surface area contributed by atoms with Crippen molar-refractivity contribution in [1.29, 1.82) is 0 Å². The van der Waals surface area contributed by atoms with Crippen LogP contribution in [0.25, 0.3) is 22.0 Å². The highest BCUT2D eigenvalue weighted by Gasteiger charge is 2.28. The van der Waals surface area contributed by atoms with Crippen molar-refractivity contribution in [2.75, 3.05) is 0 Å². The minimum atomic E-state index is 0.477. The lowest BCUT2D eigenvalue weighted by molar-refractivity contribution is -0.665. The van der Waals surface area contributed by atoms with Gasteiger partial charge in [-0.2, -0.15) is 4.57 Å². The van der Waals surface area contributed by atoms with E-state index in [4.69, 9.17) is 1.37 Å². The van der Waals surface area contributed by atoms with E-state index in [-0.39, 0.29) is 0 Å². The van der Waals surface area contributed by atoms with E-state index in [2.05, 4.69) is 68.6 Å². The lowest BCUT2D eigenvalue weighted by atomic mass is 9.71. The molecule has 27 heavy (non-hydrogen) atoms. The molecule has 2 nitrogen and oxygen atoms in total. The number of benzene rings is 1. The van der Waals surface area contributed by atoms with E-state index < -0.39 is 0 Å². The Morgan fingerprint density at radius 2 is 1.89 bits per heavy atom. The van der Waals surface area contributed by atoms with Gasteiger partial charge in [-0.05, 0) is 72.6 Å². The fourth-order valence-electron chi connectivity index (χ4n) is 4.55. The second-order valence-electron chi connectivity index (χ2n) is 9.05. The zero-order valence-electron chi connectivity index (χ0n) is 18.3. The smallest absolute Gasteiger partial charge is 0.220 e. The van der Waals surface area contributed by atoms with Crippen LogP contribution in [0, 0.1) is 19.3 Å². The molecule has 0 unspecified atom stereocenters. The maximum Gasteiger partial charge on any atom is 0.220 e. The Morgan fingerprint density at radius 3 is 2.59 bits per heavy atom. The average molecular weight is 361 g/mol. The van der Waals surface area contributed by atoms with Crippen molar-refractivity contribution in [3.8, 4) is 11.3 Å². The molecule has 0 saturated heterocycles. The lowest BCUT2D eigenvalue weighted by Crippen LogP contribution is -2.35. The normalized spacial score (nSPS) is 17.9. The molecule has 0 radical (unpaired) electrons. The topological polar surface area (TPSA) is 16.8 Å². The molecule has 140 valence electrons. The number of aryl methyl sites for hydroxylation is 1. The summed E-state index contributed by atoms with van der Waals surface area (Å²) in [7, 11) is 2.07. The van der Waals surface area contributed by atoms with Crippen LogP contribution in [0.2, 0.25) is 0 Å². The Kier molecular flexibility index (Phi) is 4.22. The predicted octanol–water partition coefficient (Wildman–Crippen LogP) is 6.03. The van der Waals surface area contributed by atoms with E-state index in [1.165, 1.54) is 42.5 Å². The number of aromatic nitrogens is 2. The fraction of sp³-hybridized carbons (Fsp3) is 0.440. The molecule has 0 amide bonds. The Bertz CT molecular complexity index is 1040. The summed E-state index contributed by atoms with van der Waals surface area (Å²) in [6.45, 7) is 8.93. The molecular formula is C25H31N2+. The molecule has 3 aromatic rings. The molecule has 0 bridgehead atoms. The highest BCUT2D eigenvalue weighted by molar-refractivity contribution is 5.94. The van der Waals surface area contributed by atoms with Crippen molar-refractivity contribution in [3.63, 3.8) is 0 Å². The van der Waals surface area contributed by atoms with Crippen LogP contribution in [-0.2, 0) is 7.05 Å². The summed E-state index contributed by atoms with van der Waals surface area (Å²) < 4.78 is 10.9. The summed E-state index contributed by atoms with van der Waals surface area (Å²) in [5, 5.41) is 2.23. The van der Waals surface area contributed by atoms with Gasteiger partial charge in [0.1, 0.15) is 7.05 Å². The summed E-state index contributed by atoms with van der Waals surface area (Å²) in [5.74, 6) is 0.622. The second-order valence-corrected chi connectivity index (χ2v) is 9.05. The third kappa shape index (κ3) is 3.38. The first-order chi connectivity index (χ1) is 13.3. The number of rotatable bonds is 2. The van der Waals surface area contributed by atoms with E-state index in [9.17, 15) is 0 Å². The standard InChI is InChI=1S/C25H31N2/c1-17-16-26-13-10-22(17)24-23-7-6-20(15-21(23)14-18(2)27(24)5)19-8-11-25(3,4)12-9-19/h6-7,10,13-16,19H,8-9,11-12H2,1-5H3/q+1/i14D. The van der Waals surface area contributed by atoms with Gasteiger partial charge in [0.15, 0.2) is 5.69 Å². The molecule has 0 spiro atoms. The summed E-state index contributed by atoms with van der Waals surface area (Å²) >= 11 is 0. The fourth-order valence-corrected chi connectivity index (χ4v) is 4.55. The quantitative estimate of drug-likeness (QED) is 0.510. The minimum absolute atomic E-state index is 0.477. The zero-order valence-corrected chi connectivity index (χ0v) is 17.3. The van der Waals surface area contributed by atoms with E-state index in [1.54, 1.807) is 0 Å². The zero-order chi connectivity index (χ0) is 20.1. The summed E-state index contributed by atoms with van der Waals surface area (Å²) in [6, 6.07) is 9.58. The summed E-state index contributed by atoms with van der Waals surface area (Å²) in [5.41, 5.74) is 6.42. The van der Waals surface area contributed by atoms with Crippen LogP contribution >= 0.6 is 0 Å². The molecule has 2 heteroatoms. The van der Waals surface area contributed by atoms with Gasteiger partial charge in [0.25, 0.3) is 0 Å². The van der Waals surface area contributed by atoms with Gasteiger partial charge in [-0.1, -0.05) is 26.0 Å². The second kappa shape index (κ2) is 6.74. The van der Waals surface area contributed by atoms with Crippen molar-refractivity contribution < 1.29 is 5.94 Å². The number of hydrogen-bond acceptors (Lipinski definition) is 1. The number of nitrogens with zero attached hydrogens (tertiary/aromatic N) is 2. The number of hydrogen-bond donors (Lipinski definition) is 0. The molecule has 2 aromatic heterocycles. The summed E-state index contributed by atoms with van der Waals surface area (Å²) in [4.78, 5) is 4.26. The first-order valence-corrected chi connectivity index (χ1v) is 10.1. The van der Waals surface area contributed by atoms with Crippen LogP contribution in [-0.4, -0.2) is 4.98 Å². The van der Waals surface area contributed by atoms with Gasteiger partial charge in [-0.15, -0.1) is 0 Å². The molecule has 1 saturated carbocycles. The molecule has 4 rings (SSSR count). The maximum absolute atomic E-state index is 8.78. The van der Waals surface area contributed by atoms with Crippen molar-refractivity contribution in [1.82, 2.24) is 4.98 Å². The first-order valence-electron chi connectivity index (χ1n) is 10.6. The highest BCUT2D eigenvalue weighted by atomic mass is 14.9. The highest BCUT2D eigenvalue weighted by Crippen LogP contribution is 2.43. The number of fused-ring (bicyclic) bond motifs is 1. The van der Waals surface area contributed by atoms with Crippen molar-refractivity contribution in [2.45, 2.75) is 59.3 Å². The monoisotopic (exact) mass is 360 g/mol. The van der Waals surface area contributed by atoms with Crippen LogP contribution in [0.4, 0.5) is 0 Å². The Morgan fingerprint density at radius 1 is 1.15 bits per heavy atom. The molecule has 1 fully saturated rings. The molecule has 2 heterocycles. The Labute approximate surface area is 164 Å². The van der Waals surface area contributed by atoms with Crippen molar-refractivity contribution >= 4 is 10.8 Å². The van der Waals surface area contributed by atoms with Gasteiger partial charge in [0, 0.05) is 25.4 Å². The molecule has 1 aliphatic rings. The molecule has 0 N–H and O–H groups in total. The SMILES string of the molecule is [2H]c1c(C)[n+](C)c(-c2ccncc2C)c2ccc(C3CCC(C)(C)CC3)cc12. The molecule has 1 aromatic carbocycles. The predicted molar refractivity (Wildman–Crippen MR) is 113 cm³/mol. The third-order valence-electron chi connectivity index (χ3n) is 6.54. The van der Waals surface area contributed by atoms with Gasteiger partial charge in [0.2, 0.25) is 5.69 Å². The van der Waals surface area contributed by atoms with E-state index in [1.807, 2.05) is 12.4 Å². The van der Waals surface area contributed by atoms with Crippen molar-refractivity contribution in [2.24, 2.45) is 12.5 Å². The van der Waals surface area contributed by atoms with E-state index in [0.29, 0.717) is 17.4 Å². The Balaban J connectivity index is 1.88. The average Bonchev–Trinajstić information content (AvgIpc) is 2.67. The maximum atomic E-state index is 8.78. The Hall–Kier alpha value is -2.22. The largest absolute Gasteiger partial charge is 0.264 e. The third-order valence-corrected chi connectivity index (χ3v) is 6.54. The van der Waals surface area contributed by atoms with Crippen molar-refractivity contribution in [3.05, 3.63) is 59.5 Å². The van der Waals surface area contributed by atoms with Gasteiger partial charge in [-0.3, -0.25) is 4.98 Å². The van der Waals surface area contributed by atoms with Crippen LogP contribution < -0.4 is 4.57 Å². The first kappa shape index (κ1) is 16.9. The van der Waals surface area contributed by atoms with Gasteiger partial charge < -0.3 is 0 Å². The molecule has 1 aliphatic carbocycles. The van der Waals surface area contributed by atoms with Crippen LogP contribution in [0.3, 0.4) is 0 Å². The summed E-state index contributed by atoms with van der Waals surface area (Å²) in [6.07, 6.45) is 8.85. The van der Waals surface area contributed by atoms with Crippen LogP contribution in [0.15, 0.2) is 42.7 Å². The molecule has 0 atom stereocenters.